The van der Waals surface area contributed by atoms with Crippen LogP contribution in [0, 0.1) is 0 Å². The van der Waals surface area contributed by atoms with Gasteiger partial charge in [0.1, 0.15) is 12.4 Å². The van der Waals surface area contributed by atoms with E-state index < -0.39 is 0 Å². The molecule has 5 nitrogen and oxygen atoms in total. The van der Waals surface area contributed by atoms with Crippen molar-refractivity contribution in [2.75, 3.05) is 20.2 Å². The SMILES string of the molecule is COc1cccc(COC(=O)N2CCCC(N)C2)c1. The highest BCUT2D eigenvalue weighted by Crippen LogP contribution is 2.14. The topological polar surface area (TPSA) is 64.8 Å². The lowest BCUT2D eigenvalue weighted by Crippen LogP contribution is -2.45. The number of carbonyl (C=O) groups is 1. The maximum absolute atomic E-state index is 11.9. The van der Waals surface area contributed by atoms with Crippen LogP contribution in [0.5, 0.6) is 5.75 Å². The van der Waals surface area contributed by atoms with Crippen molar-refractivity contribution >= 4 is 6.09 Å². The van der Waals surface area contributed by atoms with E-state index in [-0.39, 0.29) is 18.7 Å². The van der Waals surface area contributed by atoms with Crippen LogP contribution in [0.25, 0.3) is 0 Å². The fourth-order valence-electron chi connectivity index (χ4n) is 2.17. The first kappa shape index (κ1) is 13.7. The first-order valence-electron chi connectivity index (χ1n) is 6.49. The average Bonchev–Trinajstić information content (AvgIpc) is 2.45. The Bertz CT molecular complexity index is 436. The molecule has 0 spiro atoms. The molecule has 0 aromatic heterocycles. The number of hydrogen-bond acceptors (Lipinski definition) is 4. The third-order valence-electron chi connectivity index (χ3n) is 3.21. The lowest BCUT2D eigenvalue weighted by Gasteiger charge is -2.29. The van der Waals surface area contributed by atoms with Crippen LogP contribution in [0.2, 0.25) is 0 Å². The molecule has 1 aliphatic rings. The molecule has 2 rings (SSSR count). The minimum absolute atomic E-state index is 0.0677. The molecular formula is C14H20N2O3. The lowest BCUT2D eigenvalue weighted by atomic mass is 10.1. The molecule has 0 saturated carbocycles. The third-order valence-corrected chi connectivity index (χ3v) is 3.21. The molecule has 1 aliphatic heterocycles. The summed E-state index contributed by atoms with van der Waals surface area (Å²) in [6.07, 6.45) is 1.62. The summed E-state index contributed by atoms with van der Waals surface area (Å²) < 4.78 is 10.4. The Kier molecular flexibility index (Phi) is 4.63. The Balaban J connectivity index is 1.85. The molecule has 1 fully saturated rings. The molecule has 1 aromatic rings. The van der Waals surface area contributed by atoms with Gasteiger partial charge in [0.2, 0.25) is 0 Å². The van der Waals surface area contributed by atoms with Crippen molar-refractivity contribution in [1.82, 2.24) is 4.90 Å². The van der Waals surface area contributed by atoms with Gasteiger partial charge in [-0.05, 0) is 30.5 Å². The van der Waals surface area contributed by atoms with Gasteiger partial charge in [0.25, 0.3) is 0 Å². The summed E-state index contributed by atoms with van der Waals surface area (Å²) in [7, 11) is 1.61. The van der Waals surface area contributed by atoms with Gasteiger partial charge >= 0.3 is 6.09 Å². The first-order valence-corrected chi connectivity index (χ1v) is 6.49. The van der Waals surface area contributed by atoms with Crippen LogP contribution in [0.4, 0.5) is 4.79 Å². The van der Waals surface area contributed by atoms with Crippen molar-refractivity contribution in [3.8, 4) is 5.75 Å². The summed E-state index contributed by atoms with van der Waals surface area (Å²) in [5, 5.41) is 0. The predicted octanol–water partition coefficient (Wildman–Crippen LogP) is 1.75. The van der Waals surface area contributed by atoms with Gasteiger partial charge in [0, 0.05) is 19.1 Å². The van der Waals surface area contributed by atoms with Gasteiger partial charge < -0.3 is 20.1 Å². The number of nitrogens with zero attached hydrogens (tertiary/aromatic N) is 1. The highest BCUT2D eigenvalue weighted by atomic mass is 16.6. The van der Waals surface area contributed by atoms with Crippen LogP contribution in [0.3, 0.4) is 0 Å². The monoisotopic (exact) mass is 264 g/mol. The normalized spacial score (nSPS) is 19.1. The summed E-state index contributed by atoms with van der Waals surface area (Å²) in [4.78, 5) is 13.6. The number of amides is 1. The van der Waals surface area contributed by atoms with E-state index in [1.165, 1.54) is 0 Å². The van der Waals surface area contributed by atoms with E-state index in [0.717, 1.165) is 30.7 Å². The molecule has 5 heteroatoms. The highest BCUT2D eigenvalue weighted by Gasteiger charge is 2.22. The summed E-state index contributed by atoms with van der Waals surface area (Å²) >= 11 is 0. The van der Waals surface area contributed by atoms with Gasteiger partial charge in [-0.1, -0.05) is 12.1 Å². The van der Waals surface area contributed by atoms with Crippen molar-refractivity contribution < 1.29 is 14.3 Å². The van der Waals surface area contributed by atoms with Crippen molar-refractivity contribution in [2.24, 2.45) is 5.73 Å². The van der Waals surface area contributed by atoms with Crippen LogP contribution in [-0.2, 0) is 11.3 Å². The number of piperidine rings is 1. The van der Waals surface area contributed by atoms with Crippen molar-refractivity contribution in [3.63, 3.8) is 0 Å². The summed E-state index contributed by atoms with van der Waals surface area (Å²) in [5.41, 5.74) is 6.75. The predicted molar refractivity (Wildman–Crippen MR) is 72.0 cm³/mol. The minimum atomic E-state index is -0.294. The van der Waals surface area contributed by atoms with Crippen molar-refractivity contribution in [1.29, 1.82) is 0 Å². The zero-order valence-corrected chi connectivity index (χ0v) is 11.2. The molecule has 0 aliphatic carbocycles. The van der Waals surface area contributed by atoms with E-state index in [4.69, 9.17) is 15.2 Å². The number of likely N-dealkylation sites (tertiary alicyclic amines) is 1. The van der Waals surface area contributed by atoms with Gasteiger partial charge in [-0.2, -0.15) is 0 Å². The molecule has 0 radical (unpaired) electrons. The number of ether oxygens (including phenoxy) is 2. The lowest BCUT2D eigenvalue weighted by molar-refractivity contribution is 0.0862. The Hall–Kier alpha value is -1.75. The molecular weight excluding hydrogens is 244 g/mol. The molecule has 1 aromatic carbocycles. The van der Waals surface area contributed by atoms with Gasteiger partial charge in [0.05, 0.1) is 7.11 Å². The van der Waals surface area contributed by atoms with Gasteiger partial charge in [0.15, 0.2) is 0 Å². The number of hydrogen-bond donors (Lipinski definition) is 1. The van der Waals surface area contributed by atoms with Gasteiger partial charge in [-0.15, -0.1) is 0 Å². The van der Waals surface area contributed by atoms with Gasteiger partial charge in [-0.3, -0.25) is 0 Å². The summed E-state index contributed by atoms with van der Waals surface area (Å²) in [5.74, 6) is 0.758. The average molecular weight is 264 g/mol. The fourth-order valence-corrected chi connectivity index (χ4v) is 2.17. The maximum atomic E-state index is 11.9. The summed E-state index contributed by atoms with van der Waals surface area (Å²) in [6.45, 7) is 1.56. The van der Waals surface area contributed by atoms with Crippen LogP contribution in [-0.4, -0.2) is 37.2 Å². The zero-order valence-electron chi connectivity index (χ0n) is 11.2. The molecule has 104 valence electrons. The van der Waals surface area contributed by atoms with Gasteiger partial charge in [-0.25, -0.2) is 4.79 Å². The molecule has 1 saturated heterocycles. The summed E-state index contributed by atoms with van der Waals surface area (Å²) in [6, 6.07) is 7.55. The second kappa shape index (κ2) is 6.43. The van der Waals surface area contributed by atoms with E-state index in [9.17, 15) is 4.79 Å². The van der Waals surface area contributed by atoms with E-state index in [2.05, 4.69) is 0 Å². The van der Waals surface area contributed by atoms with E-state index in [1.54, 1.807) is 12.0 Å². The molecule has 0 bridgehead atoms. The minimum Gasteiger partial charge on any atom is -0.497 e. The molecule has 1 amide bonds. The maximum Gasteiger partial charge on any atom is 0.410 e. The largest absolute Gasteiger partial charge is 0.497 e. The smallest absolute Gasteiger partial charge is 0.410 e. The van der Waals surface area contributed by atoms with Crippen molar-refractivity contribution in [3.05, 3.63) is 29.8 Å². The number of methoxy groups -OCH3 is 1. The Morgan fingerprint density at radius 1 is 1.53 bits per heavy atom. The Morgan fingerprint density at radius 3 is 3.11 bits per heavy atom. The molecule has 1 unspecified atom stereocenters. The zero-order chi connectivity index (χ0) is 13.7. The number of benzene rings is 1. The standard InChI is InChI=1S/C14H20N2O3/c1-18-13-6-2-4-11(8-13)10-19-14(17)16-7-3-5-12(15)9-16/h2,4,6,8,12H,3,5,7,9-10,15H2,1H3. The fraction of sp³-hybridized carbons (Fsp3) is 0.500. The second-order valence-corrected chi connectivity index (χ2v) is 4.75. The Morgan fingerprint density at radius 2 is 2.37 bits per heavy atom. The molecule has 2 N–H and O–H groups in total. The third kappa shape index (κ3) is 3.86. The quantitative estimate of drug-likeness (QED) is 0.903. The van der Waals surface area contributed by atoms with Crippen LogP contribution in [0.15, 0.2) is 24.3 Å². The molecule has 19 heavy (non-hydrogen) atoms. The van der Waals surface area contributed by atoms with Crippen LogP contribution in [0.1, 0.15) is 18.4 Å². The van der Waals surface area contributed by atoms with Crippen LogP contribution < -0.4 is 10.5 Å². The number of nitrogens with two attached hydrogens (primary N) is 1. The van der Waals surface area contributed by atoms with E-state index >= 15 is 0 Å². The number of rotatable bonds is 3. The first-order chi connectivity index (χ1) is 9.19. The second-order valence-electron chi connectivity index (χ2n) is 4.75. The van der Waals surface area contributed by atoms with Crippen molar-refractivity contribution in [2.45, 2.75) is 25.5 Å². The number of carbonyl (C=O) groups excluding carboxylic acids is 1. The van der Waals surface area contributed by atoms with Crippen LogP contribution >= 0.6 is 0 Å². The Labute approximate surface area is 113 Å². The van der Waals surface area contributed by atoms with E-state index in [1.807, 2.05) is 24.3 Å². The molecule has 1 heterocycles. The van der Waals surface area contributed by atoms with E-state index in [0.29, 0.717) is 6.54 Å². The molecule has 1 atom stereocenters. The highest BCUT2D eigenvalue weighted by molar-refractivity contribution is 5.67.